The molecule has 2 rings (SSSR count). The Morgan fingerprint density at radius 1 is 0.944 bits per heavy atom. The molecule has 0 heterocycles. The first-order valence-electron chi connectivity index (χ1n) is 5.18. The van der Waals surface area contributed by atoms with Gasteiger partial charge in [-0.15, -0.1) is 0 Å². The maximum absolute atomic E-state index is 5.94. The van der Waals surface area contributed by atoms with E-state index >= 15 is 0 Å². The molecule has 2 nitrogen and oxygen atoms in total. The number of benzene rings is 2. The van der Waals surface area contributed by atoms with E-state index in [9.17, 15) is 0 Å². The van der Waals surface area contributed by atoms with E-state index in [1.165, 1.54) is 0 Å². The normalized spacial score (nSPS) is 10.1. The average molecular weight is 297 g/mol. The summed E-state index contributed by atoms with van der Waals surface area (Å²) >= 11 is 16.7. The molecule has 0 bridgehead atoms. The second-order valence-corrected chi connectivity index (χ2v) is 4.95. The van der Waals surface area contributed by atoms with Crippen LogP contribution in [0.5, 0.6) is 0 Å². The first-order chi connectivity index (χ1) is 8.56. The zero-order valence-corrected chi connectivity index (χ0v) is 11.6. The van der Waals surface area contributed by atoms with Gasteiger partial charge in [-0.05, 0) is 42.5 Å². The number of hydrogen-bond acceptors (Lipinski definition) is 2. The Morgan fingerprint density at radius 2 is 1.56 bits per heavy atom. The molecule has 0 saturated carbocycles. The van der Waals surface area contributed by atoms with Crippen molar-refractivity contribution in [1.29, 1.82) is 0 Å². The van der Waals surface area contributed by atoms with Crippen molar-refractivity contribution in [3.63, 3.8) is 0 Å². The van der Waals surface area contributed by atoms with Crippen LogP contribution >= 0.6 is 35.4 Å². The van der Waals surface area contributed by atoms with Gasteiger partial charge in [-0.2, -0.15) is 0 Å². The van der Waals surface area contributed by atoms with Crippen LogP contribution < -0.4 is 11.1 Å². The van der Waals surface area contributed by atoms with Crippen LogP contribution in [0.1, 0.15) is 5.56 Å². The maximum Gasteiger partial charge on any atom is 0.103 e. The van der Waals surface area contributed by atoms with E-state index < -0.39 is 0 Å². The zero-order valence-electron chi connectivity index (χ0n) is 9.28. The summed E-state index contributed by atoms with van der Waals surface area (Å²) in [6.45, 7) is 0. The van der Waals surface area contributed by atoms with Gasteiger partial charge in [0.1, 0.15) is 4.99 Å². The highest BCUT2D eigenvalue weighted by atomic mass is 35.5. The number of halogens is 2. The van der Waals surface area contributed by atoms with Gasteiger partial charge in [0, 0.05) is 16.9 Å². The molecule has 2 aromatic rings. The Kier molecular flexibility index (Phi) is 4.07. The van der Waals surface area contributed by atoms with Crippen LogP contribution in [0, 0.1) is 0 Å². The minimum Gasteiger partial charge on any atom is -0.389 e. The van der Waals surface area contributed by atoms with Crippen LogP contribution in [-0.4, -0.2) is 4.99 Å². The number of hydrogen-bond donors (Lipinski definition) is 2. The molecule has 0 amide bonds. The molecule has 0 fully saturated rings. The van der Waals surface area contributed by atoms with Crippen molar-refractivity contribution in [2.75, 3.05) is 5.32 Å². The molecule has 0 aliphatic carbocycles. The van der Waals surface area contributed by atoms with Crippen LogP contribution in [0.2, 0.25) is 10.0 Å². The van der Waals surface area contributed by atoms with Crippen LogP contribution in [0.4, 0.5) is 11.4 Å². The van der Waals surface area contributed by atoms with Crippen LogP contribution in [0.3, 0.4) is 0 Å². The average Bonchev–Trinajstić information content (AvgIpc) is 2.34. The minimum absolute atomic E-state index is 0.385. The lowest BCUT2D eigenvalue weighted by Crippen LogP contribution is -2.08. The second-order valence-electron chi connectivity index (χ2n) is 3.70. The molecule has 0 atom stereocenters. The first-order valence-corrected chi connectivity index (χ1v) is 6.34. The topological polar surface area (TPSA) is 38.0 Å². The van der Waals surface area contributed by atoms with Gasteiger partial charge in [0.25, 0.3) is 0 Å². The van der Waals surface area contributed by atoms with E-state index in [2.05, 4.69) is 5.32 Å². The van der Waals surface area contributed by atoms with Gasteiger partial charge in [0.15, 0.2) is 0 Å². The molecule has 18 heavy (non-hydrogen) atoms. The summed E-state index contributed by atoms with van der Waals surface area (Å²) in [4.78, 5) is 0.385. The SMILES string of the molecule is NC(=S)c1ccc(Nc2ccc(Cl)c(Cl)c2)cc1. The van der Waals surface area contributed by atoms with Gasteiger partial charge in [0.2, 0.25) is 0 Å². The molecular weight excluding hydrogens is 287 g/mol. The summed E-state index contributed by atoms with van der Waals surface area (Å²) in [5.41, 5.74) is 8.16. The summed E-state index contributed by atoms with van der Waals surface area (Å²) in [6, 6.07) is 12.9. The standard InChI is InChI=1S/C13H10Cl2N2S/c14-11-6-5-10(7-12(11)15)17-9-3-1-8(2-4-9)13(16)18/h1-7,17H,(H2,16,18). The van der Waals surface area contributed by atoms with Crippen molar-refractivity contribution in [2.45, 2.75) is 0 Å². The van der Waals surface area contributed by atoms with Gasteiger partial charge in [-0.3, -0.25) is 0 Å². The van der Waals surface area contributed by atoms with Gasteiger partial charge < -0.3 is 11.1 Å². The summed E-state index contributed by atoms with van der Waals surface area (Å²) < 4.78 is 0. The van der Waals surface area contributed by atoms with Crippen molar-refractivity contribution >= 4 is 51.8 Å². The molecule has 5 heteroatoms. The highest BCUT2D eigenvalue weighted by Gasteiger charge is 2.01. The fourth-order valence-corrected chi connectivity index (χ4v) is 1.89. The quantitative estimate of drug-likeness (QED) is 0.826. The van der Waals surface area contributed by atoms with E-state index in [1.807, 2.05) is 30.3 Å². The fraction of sp³-hybridized carbons (Fsp3) is 0. The Balaban J connectivity index is 2.18. The predicted octanol–water partition coefficient (Wildman–Crippen LogP) is 4.37. The fourth-order valence-electron chi connectivity index (χ4n) is 1.46. The van der Waals surface area contributed by atoms with E-state index in [-0.39, 0.29) is 0 Å². The van der Waals surface area contributed by atoms with Gasteiger partial charge >= 0.3 is 0 Å². The van der Waals surface area contributed by atoms with Crippen molar-refractivity contribution in [2.24, 2.45) is 5.73 Å². The molecule has 0 unspecified atom stereocenters. The maximum atomic E-state index is 5.94. The molecule has 92 valence electrons. The molecule has 0 spiro atoms. The minimum atomic E-state index is 0.385. The number of thiocarbonyl (C=S) groups is 1. The molecule has 0 radical (unpaired) electrons. The Bertz CT molecular complexity index is 582. The van der Waals surface area contributed by atoms with E-state index in [4.69, 9.17) is 41.2 Å². The smallest absolute Gasteiger partial charge is 0.103 e. The lowest BCUT2D eigenvalue weighted by molar-refractivity contribution is 1.53. The lowest BCUT2D eigenvalue weighted by atomic mass is 10.2. The number of anilines is 2. The molecule has 0 aliphatic heterocycles. The molecule has 3 N–H and O–H groups in total. The third kappa shape index (κ3) is 3.13. The lowest BCUT2D eigenvalue weighted by Gasteiger charge is -2.08. The Hall–Kier alpha value is -1.29. The van der Waals surface area contributed by atoms with Gasteiger partial charge in [-0.1, -0.05) is 35.4 Å². The van der Waals surface area contributed by atoms with Crippen LogP contribution in [-0.2, 0) is 0 Å². The van der Waals surface area contributed by atoms with Crippen molar-refractivity contribution in [3.8, 4) is 0 Å². The Morgan fingerprint density at radius 3 is 2.11 bits per heavy atom. The molecule has 2 aromatic carbocycles. The second kappa shape index (κ2) is 5.57. The van der Waals surface area contributed by atoms with E-state index in [0.29, 0.717) is 15.0 Å². The zero-order chi connectivity index (χ0) is 13.1. The summed E-state index contributed by atoms with van der Waals surface area (Å²) in [6.07, 6.45) is 0. The highest BCUT2D eigenvalue weighted by molar-refractivity contribution is 7.80. The van der Waals surface area contributed by atoms with E-state index in [0.717, 1.165) is 16.9 Å². The highest BCUT2D eigenvalue weighted by Crippen LogP contribution is 2.26. The first kappa shape index (κ1) is 13.1. The summed E-state index contributed by atoms with van der Waals surface area (Å²) in [5, 5.41) is 4.26. The third-order valence-corrected chi connectivity index (χ3v) is 3.35. The van der Waals surface area contributed by atoms with Crippen LogP contribution in [0.15, 0.2) is 42.5 Å². The molecule has 0 aromatic heterocycles. The monoisotopic (exact) mass is 296 g/mol. The largest absolute Gasteiger partial charge is 0.389 e. The van der Waals surface area contributed by atoms with Gasteiger partial charge in [0.05, 0.1) is 10.0 Å². The number of nitrogens with one attached hydrogen (secondary N) is 1. The molecule has 0 saturated heterocycles. The van der Waals surface area contributed by atoms with Crippen molar-refractivity contribution in [3.05, 3.63) is 58.1 Å². The van der Waals surface area contributed by atoms with Crippen LogP contribution in [0.25, 0.3) is 0 Å². The Labute approximate surface area is 121 Å². The summed E-state index contributed by atoms with van der Waals surface area (Å²) in [7, 11) is 0. The molecule has 0 aliphatic rings. The number of rotatable bonds is 3. The van der Waals surface area contributed by atoms with Crippen molar-refractivity contribution in [1.82, 2.24) is 0 Å². The summed E-state index contributed by atoms with van der Waals surface area (Å²) in [5.74, 6) is 0. The van der Waals surface area contributed by atoms with Crippen molar-refractivity contribution < 1.29 is 0 Å². The predicted molar refractivity (Wildman–Crippen MR) is 82.1 cm³/mol. The van der Waals surface area contributed by atoms with E-state index in [1.54, 1.807) is 12.1 Å². The number of nitrogens with two attached hydrogens (primary N) is 1. The van der Waals surface area contributed by atoms with Gasteiger partial charge in [-0.25, -0.2) is 0 Å². The molecular formula is C13H10Cl2N2S. The third-order valence-electron chi connectivity index (χ3n) is 2.38.